The standard InChI is InChI=1S/C23H14Cl2N4O2/c24-15-5-3-6-16(25)21(15)22-27-18-10-9-14(12-19(18)28-22)31-23(30)29-20-11-8-13-4-1-2-7-17(13)26-20/h1-12H,(H,27,28)(H,26,29,30). The average molecular weight is 449 g/mol. The highest BCUT2D eigenvalue weighted by Crippen LogP contribution is 2.34. The molecule has 2 N–H and O–H groups in total. The van der Waals surface area contributed by atoms with Crippen LogP contribution in [0.3, 0.4) is 0 Å². The Hall–Kier alpha value is -3.61. The van der Waals surface area contributed by atoms with Crippen LogP contribution >= 0.6 is 23.2 Å². The molecule has 0 aliphatic carbocycles. The zero-order chi connectivity index (χ0) is 21.4. The zero-order valence-electron chi connectivity index (χ0n) is 15.9. The van der Waals surface area contributed by atoms with Gasteiger partial charge in [-0.15, -0.1) is 0 Å². The first-order valence-electron chi connectivity index (χ1n) is 9.35. The van der Waals surface area contributed by atoms with Crippen molar-refractivity contribution < 1.29 is 9.53 Å². The number of amides is 1. The summed E-state index contributed by atoms with van der Waals surface area (Å²) in [5, 5.41) is 4.61. The number of aromatic nitrogens is 3. The molecule has 152 valence electrons. The lowest BCUT2D eigenvalue weighted by atomic mass is 10.2. The average Bonchev–Trinajstić information content (AvgIpc) is 3.16. The Balaban J connectivity index is 1.37. The summed E-state index contributed by atoms with van der Waals surface area (Å²) in [7, 11) is 0. The number of imidazole rings is 1. The van der Waals surface area contributed by atoms with Crippen LogP contribution in [0.1, 0.15) is 0 Å². The van der Waals surface area contributed by atoms with E-state index in [9.17, 15) is 4.79 Å². The van der Waals surface area contributed by atoms with Crippen molar-refractivity contribution in [1.82, 2.24) is 15.0 Å². The Labute approximate surface area is 186 Å². The summed E-state index contributed by atoms with van der Waals surface area (Å²) in [6.07, 6.45) is -0.643. The van der Waals surface area contributed by atoms with Crippen molar-refractivity contribution in [2.45, 2.75) is 0 Å². The van der Waals surface area contributed by atoms with Gasteiger partial charge in [-0.2, -0.15) is 0 Å². The smallest absolute Gasteiger partial charge is 0.410 e. The lowest BCUT2D eigenvalue weighted by molar-refractivity contribution is 0.215. The molecule has 0 aliphatic rings. The van der Waals surface area contributed by atoms with Crippen LogP contribution in [0.4, 0.5) is 10.6 Å². The minimum atomic E-state index is -0.643. The highest BCUT2D eigenvalue weighted by Gasteiger charge is 2.14. The number of nitrogens with zero attached hydrogens (tertiary/aromatic N) is 2. The molecule has 0 radical (unpaired) electrons. The van der Waals surface area contributed by atoms with Crippen molar-refractivity contribution in [2.24, 2.45) is 0 Å². The molecule has 2 heterocycles. The number of fused-ring (bicyclic) bond motifs is 2. The number of benzene rings is 3. The molecule has 0 spiro atoms. The third-order valence-corrected chi connectivity index (χ3v) is 5.32. The Morgan fingerprint density at radius 1 is 0.871 bits per heavy atom. The largest absolute Gasteiger partial charge is 0.418 e. The van der Waals surface area contributed by atoms with E-state index in [1.54, 1.807) is 42.5 Å². The number of anilines is 1. The van der Waals surface area contributed by atoms with Gasteiger partial charge in [0.25, 0.3) is 0 Å². The second-order valence-corrected chi connectivity index (χ2v) is 7.58. The van der Waals surface area contributed by atoms with Crippen molar-refractivity contribution in [1.29, 1.82) is 0 Å². The van der Waals surface area contributed by atoms with Crippen LogP contribution in [0.15, 0.2) is 72.8 Å². The van der Waals surface area contributed by atoms with Crippen molar-refractivity contribution in [3.63, 3.8) is 0 Å². The second kappa shape index (κ2) is 7.91. The Morgan fingerprint density at radius 3 is 2.52 bits per heavy atom. The predicted octanol–water partition coefficient (Wildman–Crippen LogP) is 6.70. The molecule has 5 rings (SSSR count). The summed E-state index contributed by atoms with van der Waals surface area (Å²) < 4.78 is 5.41. The molecule has 8 heteroatoms. The van der Waals surface area contributed by atoms with E-state index in [1.807, 2.05) is 30.3 Å². The molecule has 0 fully saturated rings. The topological polar surface area (TPSA) is 79.9 Å². The molecule has 0 unspecified atom stereocenters. The van der Waals surface area contributed by atoms with E-state index in [1.165, 1.54) is 0 Å². The lowest BCUT2D eigenvalue weighted by Gasteiger charge is -2.07. The fourth-order valence-corrected chi connectivity index (χ4v) is 3.84. The molecule has 0 atom stereocenters. The summed E-state index contributed by atoms with van der Waals surface area (Å²) in [6, 6.07) is 21.6. The Morgan fingerprint density at radius 2 is 1.68 bits per heavy atom. The third kappa shape index (κ3) is 3.91. The molecule has 3 aromatic carbocycles. The second-order valence-electron chi connectivity index (χ2n) is 6.76. The maximum atomic E-state index is 12.3. The van der Waals surface area contributed by atoms with Gasteiger partial charge < -0.3 is 9.72 Å². The van der Waals surface area contributed by atoms with Gasteiger partial charge in [0, 0.05) is 11.5 Å². The Bertz CT molecular complexity index is 1430. The van der Waals surface area contributed by atoms with Crippen molar-refractivity contribution in [2.75, 3.05) is 5.32 Å². The normalized spacial score (nSPS) is 11.0. The molecule has 6 nitrogen and oxygen atoms in total. The molecule has 1 amide bonds. The molecule has 31 heavy (non-hydrogen) atoms. The first kappa shape index (κ1) is 19.4. The molecular formula is C23H14Cl2N4O2. The van der Waals surface area contributed by atoms with Gasteiger partial charge in [-0.1, -0.05) is 47.5 Å². The van der Waals surface area contributed by atoms with Crippen molar-refractivity contribution in [3.05, 3.63) is 82.8 Å². The van der Waals surface area contributed by atoms with Crippen molar-refractivity contribution >= 4 is 57.0 Å². The fraction of sp³-hybridized carbons (Fsp3) is 0. The van der Waals surface area contributed by atoms with E-state index < -0.39 is 6.09 Å². The van der Waals surface area contributed by atoms with Crippen LogP contribution in [-0.4, -0.2) is 21.0 Å². The zero-order valence-corrected chi connectivity index (χ0v) is 17.4. The first-order valence-corrected chi connectivity index (χ1v) is 10.1. The summed E-state index contributed by atoms with van der Waals surface area (Å²) >= 11 is 12.6. The van der Waals surface area contributed by atoms with Gasteiger partial charge in [-0.05, 0) is 42.5 Å². The van der Waals surface area contributed by atoms with Crippen LogP contribution in [0, 0.1) is 0 Å². The van der Waals surface area contributed by atoms with E-state index in [0.29, 0.717) is 44.0 Å². The van der Waals surface area contributed by atoms with Gasteiger partial charge in [0.1, 0.15) is 17.4 Å². The number of H-pyrrole nitrogens is 1. The van der Waals surface area contributed by atoms with E-state index >= 15 is 0 Å². The first-order chi connectivity index (χ1) is 15.1. The maximum absolute atomic E-state index is 12.3. The van der Waals surface area contributed by atoms with Crippen molar-refractivity contribution in [3.8, 4) is 17.1 Å². The highest BCUT2D eigenvalue weighted by molar-refractivity contribution is 6.39. The van der Waals surface area contributed by atoms with Crippen LogP contribution < -0.4 is 10.1 Å². The number of nitrogens with one attached hydrogen (secondary N) is 2. The van der Waals surface area contributed by atoms with Gasteiger partial charge >= 0.3 is 6.09 Å². The maximum Gasteiger partial charge on any atom is 0.418 e. The monoisotopic (exact) mass is 448 g/mol. The minimum Gasteiger partial charge on any atom is -0.410 e. The summed E-state index contributed by atoms with van der Waals surface area (Å²) in [6.45, 7) is 0. The number of hydrogen-bond acceptors (Lipinski definition) is 4. The molecular weight excluding hydrogens is 435 g/mol. The number of carbonyl (C=O) groups is 1. The SMILES string of the molecule is O=C(Nc1ccc2ccccc2n1)Oc1ccc2nc(-c3c(Cl)cccc3Cl)[nH]c2c1. The van der Waals surface area contributed by atoms with Crippen LogP contribution in [0.2, 0.25) is 10.0 Å². The number of para-hydroxylation sites is 1. The highest BCUT2D eigenvalue weighted by atomic mass is 35.5. The van der Waals surface area contributed by atoms with E-state index in [0.717, 1.165) is 10.9 Å². The number of halogens is 2. The summed E-state index contributed by atoms with van der Waals surface area (Å²) in [5.41, 5.74) is 2.77. The quantitative estimate of drug-likeness (QED) is 0.321. The fourth-order valence-electron chi connectivity index (χ4n) is 3.27. The number of pyridine rings is 1. The van der Waals surface area contributed by atoms with Gasteiger partial charge in [0.05, 0.1) is 32.2 Å². The molecule has 5 aromatic rings. The predicted molar refractivity (Wildman–Crippen MR) is 123 cm³/mol. The summed E-state index contributed by atoms with van der Waals surface area (Å²) in [5.74, 6) is 1.29. The summed E-state index contributed by atoms with van der Waals surface area (Å²) in [4.78, 5) is 24.4. The number of rotatable bonds is 3. The molecule has 2 aromatic heterocycles. The number of carbonyl (C=O) groups excluding carboxylic acids is 1. The number of aromatic amines is 1. The van der Waals surface area contributed by atoms with Crippen LogP contribution in [-0.2, 0) is 0 Å². The van der Waals surface area contributed by atoms with Gasteiger partial charge in [-0.3, -0.25) is 5.32 Å². The van der Waals surface area contributed by atoms with Gasteiger partial charge in [-0.25, -0.2) is 14.8 Å². The molecule has 0 aliphatic heterocycles. The third-order valence-electron chi connectivity index (χ3n) is 4.69. The van der Waals surface area contributed by atoms with E-state index in [-0.39, 0.29) is 0 Å². The van der Waals surface area contributed by atoms with Gasteiger partial charge in [0.15, 0.2) is 0 Å². The van der Waals surface area contributed by atoms with Crippen LogP contribution in [0.5, 0.6) is 5.75 Å². The van der Waals surface area contributed by atoms with Gasteiger partial charge in [0.2, 0.25) is 0 Å². The molecule has 0 bridgehead atoms. The number of ether oxygens (including phenoxy) is 1. The van der Waals surface area contributed by atoms with Crippen LogP contribution in [0.25, 0.3) is 33.3 Å². The molecule has 0 saturated carbocycles. The lowest BCUT2D eigenvalue weighted by Crippen LogP contribution is -2.17. The van der Waals surface area contributed by atoms with E-state index in [4.69, 9.17) is 27.9 Å². The van der Waals surface area contributed by atoms with E-state index in [2.05, 4.69) is 20.3 Å². The number of hydrogen-bond donors (Lipinski definition) is 2. The molecule has 0 saturated heterocycles. The Kier molecular flexibility index (Phi) is 4.94. The minimum absolute atomic E-state index is 0.353.